The van der Waals surface area contributed by atoms with Crippen molar-refractivity contribution in [3.8, 4) is 0 Å². The quantitative estimate of drug-likeness (QED) is 0.419. The summed E-state index contributed by atoms with van der Waals surface area (Å²) >= 11 is 10.5. The second-order valence-corrected chi connectivity index (χ2v) is 8.75. The van der Waals surface area contributed by atoms with E-state index in [1.165, 1.54) is 36.0 Å². The molecule has 0 aliphatic carbocycles. The van der Waals surface area contributed by atoms with Crippen LogP contribution < -0.4 is 10.2 Å². The van der Waals surface area contributed by atoms with E-state index >= 15 is 0 Å². The van der Waals surface area contributed by atoms with Crippen LogP contribution >= 0.6 is 39.3 Å². The Kier molecular flexibility index (Phi) is 5.94. The van der Waals surface area contributed by atoms with E-state index in [4.69, 9.17) is 11.6 Å². The van der Waals surface area contributed by atoms with Crippen LogP contribution in [0.4, 0.5) is 15.8 Å². The Morgan fingerprint density at radius 1 is 0.867 bits per heavy atom. The normalized spacial score (nSPS) is 13.9. The van der Waals surface area contributed by atoms with Crippen LogP contribution in [0.1, 0.15) is 0 Å². The van der Waals surface area contributed by atoms with Gasteiger partial charge in [0.05, 0.1) is 5.69 Å². The highest BCUT2D eigenvalue weighted by molar-refractivity contribution is 9.10. The summed E-state index contributed by atoms with van der Waals surface area (Å²) in [6, 6.07) is 19.4. The number of carbonyl (C=O) groups excluding carboxylic acids is 2. The minimum Gasteiger partial charge on any atom is -0.350 e. The first-order valence-electron chi connectivity index (χ1n) is 8.77. The number of benzene rings is 3. The summed E-state index contributed by atoms with van der Waals surface area (Å²) in [5, 5.41) is 3.64. The van der Waals surface area contributed by atoms with Crippen molar-refractivity contribution in [1.82, 2.24) is 0 Å². The molecule has 2 amide bonds. The zero-order valence-electron chi connectivity index (χ0n) is 15.2. The second-order valence-electron chi connectivity index (χ2n) is 6.31. The van der Waals surface area contributed by atoms with Crippen molar-refractivity contribution in [3.05, 3.63) is 98.7 Å². The summed E-state index contributed by atoms with van der Waals surface area (Å²) in [6.45, 7) is 0. The fourth-order valence-electron chi connectivity index (χ4n) is 2.84. The van der Waals surface area contributed by atoms with Gasteiger partial charge in [-0.05, 0) is 72.8 Å². The smallest absolute Gasteiger partial charge is 0.283 e. The van der Waals surface area contributed by atoms with E-state index < -0.39 is 17.6 Å². The molecule has 0 saturated heterocycles. The molecule has 1 N–H and O–H groups in total. The summed E-state index contributed by atoms with van der Waals surface area (Å²) in [5.41, 5.74) is 1.12. The molecular formula is C22H13BrClFN2O2S. The average molecular weight is 504 g/mol. The van der Waals surface area contributed by atoms with Gasteiger partial charge in [-0.3, -0.25) is 9.59 Å². The number of nitrogens with one attached hydrogen (secondary N) is 1. The Labute approximate surface area is 189 Å². The molecule has 0 unspecified atom stereocenters. The van der Waals surface area contributed by atoms with Crippen molar-refractivity contribution in [2.75, 3.05) is 10.2 Å². The molecule has 3 aromatic rings. The van der Waals surface area contributed by atoms with Gasteiger partial charge in [0.2, 0.25) is 0 Å². The van der Waals surface area contributed by atoms with Crippen molar-refractivity contribution >= 4 is 62.5 Å². The lowest BCUT2D eigenvalue weighted by Crippen LogP contribution is -2.32. The molecular weight excluding hydrogens is 491 g/mol. The first-order valence-corrected chi connectivity index (χ1v) is 10.8. The van der Waals surface area contributed by atoms with Gasteiger partial charge in [-0.15, -0.1) is 0 Å². The number of imide groups is 1. The Morgan fingerprint density at radius 3 is 2.13 bits per heavy atom. The predicted molar refractivity (Wildman–Crippen MR) is 121 cm³/mol. The van der Waals surface area contributed by atoms with Crippen molar-refractivity contribution in [3.63, 3.8) is 0 Å². The lowest BCUT2D eigenvalue weighted by atomic mass is 10.3. The highest BCUT2D eigenvalue weighted by Crippen LogP contribution is 2.38. The van der Waals surface area contributed by atoms with Crippen molar-refractivity contribution in [2.24, 2.45) is 0 Å². The molecule has 8 heteroatoms. The zero-order valence-corrected chi connectivity index (χ0v) is 18.4. The van der Waals surface area contributed by atoms with Gasteiger partial charge in [-0.25, -0.2) is 9.29 Å². The maximum absolute atomic E-state index is 13.3. The Morgan fingerprint density at radius 2 is 1.50 bits per heavy atom. The van der Waals surface area contributed by atoms with E-state index in [1.54, 1.807) is 36.4 Å². The minimum absolute atomic E-state index is 0.159. The van der Waals surface area contributed by atoms with Crippen LogP contribution in [-0.2, 0) is 9.59 Å². The molecule has 150 valence electrons. The molecule has 1 heterocycles. The number of nitrogens with zero attached hydrogens (tertiary/aromatic N) is 1. The summed E-state index contributed by atoms with van der Waals surface area (Å²) in [6.07, 6.45) is 0. The van der Waals surface area contributed by atoms with Gasteiger partial charge in [0, 0.05) is 20.1 Å². The molecule has 0 fully saturated rings. The number of hydrogen-bond donors (Lipinski definition) is 1. The van der Waals surface area contributed by atoms with Gasteiger partial charge < -0.3 is 5.32 Å². The van der Waals surface area contributed by atoms with E-state index in [9.17, 15) is 14.0 Å². The maximum Gasteiger partial charge on any atom is 0.283 e. The standard InChI is InChI=1S/C22H13BrClFN2O2S/c23-13-1-7-16(8-2-13)26-19-20(30-18-11-3-14(24)4-12-18)22(29)27(21(19)28)17-9-5-15(25)6-10-17/h1-12,26H. The highest BCUT2D eigenvalue weighted by Gasteiger charge is 2.40. The van der Waals surface area contributed by atoms with Crippen LogP contribution in [0.2, 0.25) is 5.02 Å². The van der Waals surface area contributed by atoms with Gasteiger partial charge >= 0.3 is 0 Å². The monoisotopic (exact) mass is 502 g/mol. The summed E-state index contributed by atoms with van der Waals surface area (Å²) in [7, 11) is 0. The Hall–Kier alpha value is -2.61. The van der Waals surface area contributed by atoms with Crippen LogP contribution in [0.3, 0.4) is 0 Å². The Bertz CT molecular complexity index is 1080. The fourth-order valence-corrected chi connectivity index (χ4v) is 4.15. The highest BCUT2D eigenvalue weighted by atomic mass is 79.9. The largest absolute Gasteiger partial charge is 0.350 e. The molecule has 4 nitrogen and oxygen atoms in total. The van der Waals surface area contributed by atoms with Crippen LogP contribution in [0.25, 0.3) is 0 Å². The third-order valence-corrected chi connectivity index (χ3v) is 6.14. The summed E-state index contributed by atoms with van der Waals surface area (Å²) in [5.74, 6) is -1.44. The predicted octanol–water partition coefficient (Wildman–Crippen LogP) is 6.23. The summed E-state index contributed by atoms with van der Waals surface area (Å²) in [4.78, 5) is 28.4. The molecule has 1 aliphatic rings. The van der Waals surface area contributed by atoms with Crippen LogP contribution in [0.5, 0.6) is 0 Å². The molecule has 0 radical (unpaired) electrons. The van der Waals surface area contributed by atoms with E-state index in [0.717, 1.165) is 14.3 Å². The molecule has 0 atom stereocenters. The molecule has 0 spiro atoms. The molecule has 0 bridgehead atoms. The minimum atomic E-state index is -0.508. The van der Waals surface area contributed by atoms with E-state index in [0.29, 0.717) is 16.4 Å². The lowest BCUT2D eigenvalue weighted by Gasteiger charge is -2.15. The number of halogens is 3. The maximum atomic E-state index is 13.3. The van der Waals surface area contributed by atoms with Crippen molar-refractivity contribution < 1.29 is 14.0 Å². The number of rotatable bonds is 5. The molecule has 30 heavy (non-hydrogen) atoms. The first-order chi connectivity index (χ1) is 14.4. The second kappa shape index (κ2) is 8.63. The average Bonchev–Trinajstić information content (AvgIpc) is 2.96. The number of carbonyl (C=O) groups is 2. The SMILES string of the molecule is O=C1C(Nc2ccc(Br)cc2)=C(Sc2ccc(Cl)cc2)C(=O)N1c1ccc(F)cc1. The first kappa shape index (κ1) is 20.7. The van der Waals surface area contributed by atoms with Gasteiger partial charge in [0.1, 0.15) is 16.4 Å². The number of thioether (sulfide) groups is 1. The Balaban J connectivity index is 1.73. The van der Waals surface area contributed by atoms with E-state index in [2.05, 4.69) is 21.2 Å². The molecule has 3 aromatic carbocycles. The number of amides is 2. The molecule has 1 aliphatic heterocycles. The van der Waals surface area contributed by atoms with Crippen LogP contribution in [0, 0.1) is 5.82 Å². The third-order valence-electron chi connectivity index (χ3n) is 4.27. The van der Waals surface area contributed by atoms with Crippen molar-refractivity contribution in [1.29, 1.82) is 0 Å². The number of hydrogen-bond acceptors (Lipinski definition) is 4. The van der Waals surface area contributed by atoms with E-state index in [-0.39, 0.29) is 10.6 Å². The van der Waals surface area contributed by atoms with Gasteiger partial charge in [-0.2, -0.15) is 0 Å². The van der Waals surface area contributed by atoms with Crippen LogP contribution in [-0.4, -0.2) is 11.8 Å². The molecule has 0 aromatic heterocycles. The van der Waals surface area contributed by atoms with Gasteiger partial charge in [0.25, 0.3) is 11.8 Å². The topological polar surface area (TPSA) is 49.4 Å². The van der Waals surface area contributed by atoms with E-state index in [1.807, 2.05) is 12.1 Å². The van der Waals surface area contributed by atoms with Crippen LogP contribution in [0.15, 0.2) is 92.8 Å². The van der Waals surface area contributed by atoms with Gasteiger partial charge in [-0.1, -0.05) is 39.3 Å². The third kappa shape index (κ3) is 4.28. The molecule has 0 saturated carbocycles. The zero-order chi connectivity index (χ0) is 21.3. The van der Waals surface area contributed by atoms with Gasteiger partial charge in [0.15, 0.2) is 0 Å². The number of anilines is 2. The lowest BCUT2D eigenvalue weighted by molar-refractivity contribution is -0.120. The summed E-state index contributed by atoms with van der Waals surface area (Å²) < 4.78 is 14.2. The van der Waals surface area contributed by atoms with Crippen molar-refractivity contribution in [2.45, 2.75) is 4.90 Å². The molecule has 4 rings (SSSR count). The fraction of sp³-hybridized carbons (Fsp3) is 0.